The van der Waals surface area contributed by atoms with Crippen LogP contribution in [0.5, 0.6) is 0 Å². The zero-order valence-corrected chi connectivity index (χ0v) is 10.2. The molecule has 0 amide bonds. The van der Waals surface area contributed by atoms with Crippen LogP contribution in [0.2, 0.25) is 5.82 Å². The Morgan fingerprint density at radius 3 is 1.39 bits per heavy atom. The van der Waals surface area contributed by atoms with Crippen molar-refractivity contribution in [3.8, 4) is 0 Å². The fourth-order valence-electron chi connectivity index (χ4n) is 1.82. The highest BCUT2D eigenvalue weighted by Crippen LogP contribution is 2.16. The van der Waals surface area contributed by atoms with Crippen LogP contribution in [0, 0.1) is 0 Å². The van der Waals surface area contributed by atoms with Gasteiger partial charge in [0.15, 0.2) is 11.6 Å². The van der Waals surface area contributed by atoms with Crippen molar-refractivity contribution in [2.75, 3.05) is 0 Å². The third-order valence-corrected chi connectivity index (χ3v) is 2.90. The summed E-state index contributed by atoms with van der Waals surface area (Å²) in [5.74, 6) is -0.913. The van der Waals surface area contributed by atoms with Crippen LogP contribution in [0.4, 0.5) is 0 Å². The highest BCUT2D eigenvalue weighted by Gasteiger charge is 2.23. The summed E-state index contributed by atoms with van der Waals surface area (Å²) in [6.07, 6.45) is 0. The summed E-state index contributed by atoms with van der Waals surface area (Å²) in [6.45, 7) is 0. The molecule has 0 aromatic heterocycles. The van der Waals surface area contributed by atoms with Gasteiger partial charge < -0.3 is 0 Å². The minimum atomic E-state index is -0.644. The second-order valence-corrected chi connectivity index (χ2v) is 4.18. The molecule has 0 aliphatic rings. The Morgan fingerprint density at radius 2 is 1.06 bits per heavy atom. The van der Waals surface area contributed by atoms with Crippen molar-refractivity contribution in [2.24, 2.45) is 0 Å². The molecule has 0 heterocycles. The molecule has 0 aliphatic carbocycles. The number of ketones is 2. The van der Waals surface area contributed by atoms with E-state index in [-0.39, 0.29) is 11.6 Å². The van der Waals surface area contributed by atoms with Crippen molar-refractivity contribution in [2.45, 2.75) is 5.82 Å². The molecule has 0 atom stereocenters. The lowest BCUT2D eigenvalue weighted by Gasteiger charge is -2.09. The lowest BCUT2D eigenvalue weighted by atomic mass is 9.76. The maximum atomic E-state index is 12.1. The Kier molecular flexibility index (Phi) is 3.73. The summed E-state index contributed by atoms with van der Waals surface area (Å²) in [5.41, 5.74) is 1.16. The molecule has 2 aromatic rings. The van der Waals surface area contributed by atoms with Crippen molar-refractivity contribution in [3.63, 3.8) is 0 Å². The zero-order valence-electron chi connectivity index (χ0n) is 10.2. The van der Waals surface area contributed by atoms with Crippen LogP contribution >= 0.6 is 0 Å². The van der Waals surface area contributed by atoms with Gasteiger partial charge in [-0.2, -0.15) is 0 Å². The molecule has 0 fully saturated rings. The third kappa shape index (κ3) is 2.56. The zero-order chi connectivity index (χ0) is 13.0. The standard InChI is InChI=1S/C15H13BO2/c16-13(14(17)11-7-3-1-4-8-11)15(18)12-9-5-2-6-10-12/h1-10,13H,16H2. The Bertz CT molecular complexity index is 498. The average Bonchev–Trinajstić information content (AvgIpc) is 2.47. The van der Waals surface area contributed by atoms with Gasteiger partial charge in [-0.3, -0.25) is 9.59 Å². The highest BCUT2D eigenvalue weighted by atomic mass is 16.1. The van der Waals surface area contributed by atoms with Gasteiger partial charge in [-0.15, -0.1) is 0 Å². The van der Waals surface area contributed by atoms with Crippen LogP contribution in [-0.4, -0.2) is 19.4 Å². The number of Topliss-reactive ketones (excluding diaryl/α,β-unsaturated/α-hetero) is 2. The highest BCUT2D eigenvalue weighted by molar-refractivity contribution is 6.42. The van der Waals surface area contributed by atoms with Gasteiger partial charge in [0.25, 0.3) is 0 Å². The van der Waals surface area contributed by atoms with E-state index in [1.54, 1.807) is 56.4 Å². The van der Waals surface area contributed by atoms with Gasteiger partial charge in [-0.1, -0.05) is 60.7 Å². The first-order valence-corrected chi connectivity index (χ1v) is 5.88. The van der Waals surface area contributed by atoms with Crippen molar-refractivity contribution in [3.05, 3.63) is 71.8 Å². The summed E-state index contributed by atoms with van der Waals surface area (Å²) in [7, 11) is 1.66. The predicted octanol–water partition coefficient (Wildman–Crippen LogP) is 2.17. The molecule has 2 rings (SSSR count). The first kappa shape index (κ1) is 12.3. The molecule has 2 nitrogen and oxygen atoms in total. The van der Waals surface area contributed by atoms with Crippen molar-refractivity contribution >= 4 is 19.4 Å². The third-order valence-electron chi connectivity index (χ3n) is 2.90. The lowest BCUT2D eigenvalue weighted by Crippen LogP contribution is -2.19. The van der Waals surface area contributed by atoms with E-state index in [1.807, 2.05) is 12.1 Å². The first-order chi connectivity index (χ1) is 8.70. The first-order valence-electron chi connectivity index (χ1n) is 5.88. The molecule has 88 valence electrons. The second-order valence-electron chi connectivity index (χ2n) is 4.18. The molecule has 18 heavy (non-hydrogen) atoms. The van der Waals surface area contributed by atoms with Crippen molar-refractivity contribution < 1.29 is 9.59 Å². The number of benzene rings is 2. The number of rotatable bonds is 4. The van der Waals surface area contributed by atoms with E-state index in [9.17, 15) is 9.59 Å². The molecule has 0 unspecified atom stereocenters. The Morgan fingerprint density at radius 1 is 0.722 bits per heavy atom. The number of hydrogen-bond donors (Lipinski definition) is 0. The van der Waals surface area contributed by atoms with E-state index in [1.165, 1.54) is 0 Å². The predicted molar refractivity (Wildman–Crippen MR) is 73.8 cm³/mol. The summed E-state index contributed by atoms with van der Waals surface area (Å²) in [6, 6.07) is 17.8. The summed E-state index contributed by atoms with van der Waals surface area (Å²) >= 11 is 0. The minimum absolute atomic E-state index is 0.135. The van der Waals surface area contributed by atoms with Crippen LogP contribution in [0.3, 0.4) is 0 Å². The molecule has 0 aliphatic heterocycles. The maximum Gasteiger partial charge on any atom is 0.165 e. The van der Waals surface area contributed by atoms with E-state index < -0.39 is 5.82 Å². The van der Waals surface area contributed by atoms with E-state index in [4.69, 9.17) is 0 Å². The number of carbonyl (C=O) groups is 2. The topological polar surface area (TPSA) is 34.1 Å². The molecule has 0 saturated heterocycles. The van der Waals surface area contributed by atoms with Crippen LogP contribution < -0.4 is 0 Å². The van der Waals surface area contributed by atoms with Gasteiger partial charge in [0.05, 0.1) is 5.82 Å². The average molecular weight is 236 g/mol. The van der Waals surface area contributed by atoms with E-state index >= 15 is 0 Å². The molecule has 0 radical (unpaired) electrons. The lowest BCUT2D eigenvalue weighted by molar-refractivity contribution is 0.0895. The molecule has 0 bridgehead atoms. The second kappa shape index (κ2) is 5.45. The fraction of sp³-hybridized carbons (Fsp3) is 0.0667. The molecule has 0 spiro atoms. The maximum absolute atomic E-state index is 12.1. The number of hydrogen-bond acceptors (Lipinski definition) is 2. The summed E-state index contributed by atoms with van der Waals surface area (Å²) in [5, 5.41) is 0. The van der Waals surface area contributed by atoms with E-state index in [0.29, 0.717) is 11.1 Å². The number of carbonyl (C=O) groups excluding carboxylic acids is 2. The van der Waals surface area contributed by atoms with Gasteiger partial charge in [0.1, 0.15) is 7.85 Å². The summed E-state index contributed by atoms with van der Waals surface area (Å²) in [4.78, 5) is 24.3. The van der Waals surface area contributed by atoms with Crippen LogP contribution in [0.25, 0.3) is 0 Å². The van der Waals surface area contributed by atoms with Crippen LogP contribution in [0.15, 0.2) is 60.7 Å². The Hall–Kier alpha value is -2.16. The molecule has 2 aromatic carbocycles. The van der Waals surface area contributed by atoms with E-state index in [2.05, 4.69) is 0 Å². The molecule has 0 N–H and O–H groups in total. The van der Waals surface area contributed by atoms with Gasteiger partial charge in [-0.05, 0) is 0 Å². The van der Waals surface area contributed by atoms with Gasteiger partial charge >= 0.3 is 0 Å². The minimum Gasteiger partial charge on any atom is -0.294 e. The largest absolute Gasteiger partial charge is 0.294 e. The normalized spacial score (nSPS) is 10.3. The fourth-order valence-corrected chi connectivity index (χ4v) is 1.82. The molecular weight excluding hydrogens is 223 g/mol. The van der Waals surface area contributed by atoms with Gasteiger partial charge in [0, 0.05) is 11.1 Å². The SMILES string of the molecule is BC(C(=O)c1ccccc1)C(=O)c1ccccc1. The van der Waals surface area contributed by atoms with Gasteiger partial charge in [0.2, 0.25) is 0 Å². The Balaban J connectivity index is 2.20. The van der Waals surface area contributed by atoms with Crippen LogP contribution in [-0.2, 0) is 0 Å². The molecule has 3 heteroatoms. The monoisotopic (exact) mass is 236 g/mol. The van der Waals surface area contributed by atoms with Crippen LogP contribution in [0.1, 0.15) is 20.7 Å². The van der Waals surface area contributed by atoms with Crippen molar-refractivity contribution in [1.29, 1.82) is 0 Å². The quantitative estimate of drug-likeness (QED) is 0.463. The summed E-state index contributed by atoms with van der Waals surface area (Å²) < 4.78 is 0. The smallest absolute Gasteiger partial charge is 0.165 e. The van der Waals surface area contributed by atoms with Gasteiger partial charge in [-0.25, -0.2) is 0 Å². The molecule has 0 saturated carbocycles. The van der Waals surface area contributed by atoms with Crippen molar-refractivity contribution in [1.82, 2.24) is 0 Å². The Labute approximate surface area is 107 Å². The van der Waals surface area contributed by atoms with E-state index in [0.717, 1.165) is 0 Å². The molecular formula is C15H13BO2.